The number of rotatable bonds is 5. The number of likely N-dealkylation sites (tertiary alicyclic amines) is 1. The molecule has 0 bridgehead atoms. The van der Waals surface area contributed by atoms with E-state index in [0.717, 1.165) is 25.1 Å². The fraction of sp³-hybridized carbons (Fsp3) is 0.368. The van der Waals surface area contributed by atoms with E-state index >= 15 is 0 Å². The SMILES string of the molecule is O=C1CCCN1C(Cc1ccccc1)c1ccccn1.OCCF. The quantitative estimate of drug-likeness (QED) is 0.917. The molecular weight excluding hydrogens is 307 g/mol. The molecule has 1 aliphatic heterocycles. The van der Waals surface area contributed by atoms with Crippen molar-refractivity contribution >= 4 is 5.91 Å². The van der Waals surface area contributed by atoms with Crippen LogP contribution in [-0.4, -0.2) is 40.7 Å². The summed E-state index contributed by atoms with van der Waals surface area (Å²) < 4.78 is 10.5. The van der Waals surface area contributed by atoms with Gasteiger partial charge >= 0.3 is 0 Å². The van der Waals surface area contributed by atoms with Gasteiger partial charge in [0.15, 0.2) is 0 Å². The number of carbonyl (C=O) groups is 1. The van der Waals surface area contributed by atoms with Crippen LogP contribution >= 0.6 is 0 Å². The average Bonchev–Trinajstić information content (AvgIpc) is 3.07. The molecule has 1 aliphatic rings. The minimum absolute atomic E-state index is 0.0496. The first-order chi connectivity index (χ1) is 11.8. The van der Waals surface area contributed by atoms with E-state index in [2.05, 4.69) is 17.1 Å². The molecule has 24 heavy (non-hydrogen) atoms. The number of amides is 1. The van der Waals surface area contributed by atoms with Gasteiger partial charge in [0.25, 0.3) is 0 Å². The van der Waals surface area contributed by atoms with Crippen molar-refractivity contribution < 1.29 is 14.3 Å². The summed E-state index contributed by atoms with van der Waals surface area (Å²) >= 11 is 0. The second-order valence-corrected chi connectivity index (χ2v) is 5.56. The lowest BCUT2D eigenvalue weighted by molar-refractivity contribution is -0.129. The summed E-state index contributed by atoms with van der Waals surface area (Å²) in [6.07, 6.45) is 4.24. The minimum Gasteiger partial charge on any atom is -0.394 e. The van der Waals surface area contributed by atoms with Crippen LogP contribution in [0.1, 0.15) is 30.1 Å². The number of pyridine rings is 1. The minimum atomic E-state index is -0.625. The van der Waals surface area contributed by atoms with Gasteiger partial charge in [0.1, 0.15) is 6.67 Å². The molecular formula is C19H23FN2O2. The second-order valence-electron chi connectivity index (χ2n) is 5.56. The topological polar surface area (TPSA) is 53.4 Å². The van der Waals surface area contributed by atoms with Gasteiger partial charge in [-0.3, -0.25) is 9.78 Å². The first kappa shape index (κ1) is 18.1. The largest absolute Gasteiger partial charge is 0.394 e. The smallest absolute Gasteiger partial charge is 0.223 e. The van der Waals surface area contributed by atoms with Crippen LogP contribution in [0.3, 0.4) is 0 Å². The van der Waals surface area contributed by atoms with Crippen molar-refractivity contribution in [2.24, 2.45) is 0 Å². The summed E-state index contributed by atoms with van der Waals surface area (Å²) in [6, 6.07) is 16.3. The zero-order valence-electron chi connectivity index (χ0n) is 13.6. The maximum Gasteiger partial charge on any atom is 0.223 e. The van der Waals surface area contributed by atoms with E-state index in [1.165, 1.54) is 5.56 Å². The van der Waals surface area contributed by atoms with E-state index in [4.69, 9.17) is 5.11 Å². The summed E-state index contributed by atoms with van der Waals surface area (Å²) in [5, 5.41) is 7.50. The van der Waals surface area contributed by atoms with Gasteiger partial charge in [0.05, 0.1) is 18.3 Å². The Balaban J connectivity index is 0.000000471. The second kappa shape index (κ2) is 9.78. The Morgan fingerprint density at radius 1 is 1.17 bits per heavy atom. The van der Waals surface area contributed by atoms with Gasteiger partial charge in [-0.1, -0.05) is 36.4 Å². The summed E-state index contributed by atoms with van der Waals surface area (Å²) in [6.45, 7) is -0.132. The maximum absolute atomic E-state index is 12.1. The summed E-state index contributed by atoms with van der Waals surface area (Å²) in [7, 11) is 0. The molecule has 128 valence electrons. The van der Waals surface area contributed by atoms with Gasteiger partial charge in [0, 0.05) is 19.2 Å². The van der Waals surface area contributed by atoms with Gasteiger partial charge < -0.3 is 10.0 Å². The fourth-order valence-corrected chi connectivity index (χ4v) is 2.78. The third-order valence-electron chi connectivity index (χ3n) is 3.87. The van der Waals surface area contributed by atoms with Crippen molar-refractivity contribution in [3.63, 3.8) is 0 Å². The molecule has 1 fully saturated rings. The van der Waals surface area contributed by atoms with E-state index in [1.54, 1.807) is 6.20 Å². The number of hydrogen-bond donors (Lipinski definition) is 1. The third-order valence-corrected chi connectivity index (χ3v) is 3.87. The fourth-order valence-electron chi connectivity index (χ4n) is 2.78. The zero-order valence-corrected chi connectivity index (χ0v) is 13.6. The summed E-state index contributed by atoms with van der Waals surface area (Å²) in [5.41, 5.74) is 2.22. The summed E-state index contributed by atoms with van der Waals surface area (Å²) in [4.78, 5) is 18.5. The maximum atomic E-state index is 12.1. The molecule has 1 atom stereocenters. The number of aliphatic hydroxyl groups is 1. The third kappa shape index (κ3) is 5.13. The molecule has 0 aliphatic carbocycles. The molecule has 0 radical (unpaired) electrons. The van der Waals surface area contributed by atoms with Crippen LogP contribution in [0.25, 0.3) is 0 Å². The highest BCUT2D eigenvalue weighted by molar-refractivity contribution is 5.78. The molecule has 5 heteroatoms. The molecule has 1 amide bonds. The predicted octanol–water partition coefficient (Wildman–Crippen LogP) is 2.94. The molecule has 1 aromatic heterocycles. The lowest BCUT2D eigenvalue weighted by atomic mass is 10.0. The van der Waals surface area contributed by atoms with E-state index in [0.29, 0.717) is 6.42 Å². The summed E-state index contributed by atoms with van der Waals surface area (Å²) in [5.74, 6) is 0.247. The van der Waals surface area contributed by atoms with Crippen molar-refractivity contribution in [2.75, 3.05) is 19.8 Å². The number of aliphatic hydroxyl groups excluding tert-OH is 1. The van der Waals surface area contributed by atoms with Gasteiger partial charge in [-0.15, -0.1) is 0 Å². The highest BCUT2D eigenvalue weighted by atomic mass is 19.1. The molecule has 0 spiro atoms. The first-order valence-corrected chi connectivity index (χ1v) is 8.17. The Hall–Kier alpha value is -2.27. The number of carbonyl (C=O) groups excluding carboxylic acids is 1. The highest BCUT2D eigenvalue weighted by Gasteiger charge is 2.29. The molecule has 3 rings (SSSR count). The predicted molar refractivity (Wildman–Crippen MR) is 91.1 cm³/mol. The van der Waals surface area contributed by atoms with Gasteiger partial charge in [-0.2, -0.15) is 0 Å². The average molecular weight is 330 g/mol. The number of hydrogen-bond acceptors (Lipinski definition) is 3. The zero-order chi connectivity index (χ0) is 17.2. The molecule has 2 aromatic rings. The molecule has 1 N–H and O–H groups in total. The molecule has 1 aromatic carbocycles. The lowest BCUT2D eigenvalue weighted by Gasteiger charge is -2.27. The number of halogens is 1. The normalized spacial score (nSPS) is 14.9. The van der Waals surface area contributed by atoms with Gasteiger partial charge in [-0.25, -0.2) is 4.39 Å². The van der Waals surface area contributed by atoms with Crippen molar-refractivity contribution in [1.82, 2.24) is 9.88 Å². The molecule has 0 saturated carbocycles. The van der Waals surface area contributed by atoms with Crippen LogP contribution in [0.5, 0.6) is 0 Å². The van der Waals surface area contributed by atoms with Crippen molar-refractivity contribution in [1.29, 1.82) is 0 Å². The van der Waals surface area contributed by atoms with Crippen LogP contribution in [0.2, 0.25) is 0 Å². The molecule has 2 heterocycles. The standard InChI is InChI=1S/C17H18N2O.C2H5FO/c20-17-10-6-12-19(17)16(15-9-4-5-11-18-15)13-14-7-2-1-3-8-14;3-1-2-4/h1-5,7-9,11,16H,6,10,12-13H2;4H,1-2H2. The number of aromatic nitrogens is 1. The highest BCUT2D eigenvalue weighted by Crippen LogP contribution is 2.28. The van der Waals surface area contributed by atoms with Crippen LogP contribution < -0.4 is 0 Å². The number of benzene rings is 1. The van der Waals surface area contributed by atoms with Crippen LogP contribution in [-0.2, 0) is 11.2 Å². The van der Waals surface area contributed by atoms with Crippen molar-refractivity contribution in [2.45, 2.75) is 25.3 Å². The van der Waals surface area contributed by atoms with Crippen molar-refractivity contribution in [3.8, 4) is 0 Å². The number of nitrogens with zero attached hydrogens (tertiary/aromatic N) is 2. The Kier molecular flexibility index (Phi) is 7.36. The number of alkyl halides is 1. The Morgan fingerprint density at radius 3 is 2.42 bits per heavy atom. The first-order valence-electron chi connectivity index (χ1n) is 8.17. The molecule has 4 nitrogen and oxygen atoms in total. The Bertz CT molecular complexity index is 605. The molecule has 1 unspecified atom stereocenters. The van der Waals surface area contributed by atoms with Gasteiger partial charge in [0.2, 0.25) is 5.91 Å². The Labute approximate surface area is 142 Å². The van der Waals surface area contributed by atoms with E-state index in [-0.39, 0.29) is 18.6 Å². The van der Waals surface area contributed by atoms with E-state index in [9.17, 15) is 9.18 Å². The van der Waals surface area contributed by atoms with Crippen molar-refractivity contribution in [3.05, 3.63) is 66.0 Å². The van der Waals surface area contributed by atoms with Crippen LogP contribution in [0.15, 0.2) is 54.7 Å². The monoisotopic (exact) mass is 330 g/mol. The van der Waals surface area contributed by atoms with Crippen LogP contribution in [0.4, 0.5) is 4.39 Å². The van der Waals surface area contributed by atoms with Gasteiger partial charge in [-0.05, 0) is 30.5 Å². The lowest BCUT2D eigenvalue weighted by Crippen LogP contribution is -2.31. The molecule has 1 saturated heterocycles. The van der Waals surface area contributed by atoms with Crippen LogP contribution in [0, 0.1) is 0 Å². The Morgan fingerprint density at radius 2 is 1.88 bits per heavy atom. The van der Waals surface area contributed by atoms with E-state index < -0.39 is 6.67 Å². The van der Waals surface area contributed by atoms with E-state index in [1.807, 2.05) is 41.3 Å².